The Morgan fingerprint density at radius 1 is 1.24 bits per heavy atom. The Morgan fingerprint density at radius 2 is 2.00 bits per heavy atom. The van der Waals surface area contributed by atoms with Crippen LogP contribution in [0.4, 0.5) is 0 Å². The lowest BCUT2D eigenvalue weighted by atomic mass is 10.1. The fraction of sp³-hybridized carbons (Fsp3) is 0.250. The minimum absolute atomic E-state index is 0.160. The quantitative estimate of drug-likeness (QED) is 0.849. The second kappa shape index (κ2) is 4.37. The molecule has 5 heteroatoms. The van der Waals surface area contributed by atoms with Crippen LogP contribution in [0.2, 0.25) is 0 Å². The first-order valence-corrected chi connectivity index (χ1v) is 5.19. The van der Waals surface area contributed by atoms with Crippen LogP contribution >= 0.6 is 0 Å². The van der Waals surface area contributed by atoms with Gasteiger partial charge in [-0.2, -0.15) is 5.10 Å². The zero-order valence-electron chi connectivity index (χ0n) is 9.94. The smallest absolute Gasteiger partial charge is 0.267 e. The molecule has 0 bridgehead atoms. The number of hydrogen-bond donors (Lipinski definition) is 1. The number of hydrogen-bond acceptors (Lipinski definition) is 4. The average Bonchev–Trinajstić information content (AvgIpc) is 2.36. The van der Waals surface area contributed by atoms with E-state index in [0.29, 0.717) is 11.4 Å². The summed E-state index contributed by atoms with van der Waals surface area (Å²) >= 11 is 0. The van der Waals surface area contributed by atoms with Crippen LogP contribution in [-0.2, 0) is 0 Å². The number of nitrogens with zero attached hydrogens (tertiary/aromatic N) is 2. The van der Waals surface area contributed by atoms with Gasteiger partial charge in [0.25, 0.3) is 5.56 Å². The van der Waals surface area contributed by atoms with Crippen molar-refractivity contribution in [2.75, 3.05) is 7.11 Å². The summed E-state index contributed by atoms with van der Waals surface area (Å²) in [5.74, 6) is 0.549. The van der Waals surface area contributed by atoms with Gasteiger partial charge in [0.1, 0.15) is 0 Å². The van der Waals surface area contributed by atoms with Crippen LogP contribution in [0.15, 0.2) is 23.1 Å². The molecule has 0 amide bonds. The molecular weight excluding hydrogens is 218 g/mol. The van der Waals surface area contributed by atoms with Gasteiger partial charge in [-0.1, -0.05) is 0 Å². The SMILES string of the molecule is COc1ccc(-c2n[nH]c(=O)c(C)c2C)cn1. The van der Waals surface area contributed by atoms with Crippen molar-refractivity contribution in [3.63, 3.8) is 0 Å². The molecule has 0 saturated carbocycles. The zero-order chi connectivity index (χ0) is 12.4. The number of pyridine rings is 1. The molecule has 2 aromatic heterocycles. The second-order valence-corrected chi connectivity index (χ2v) is 3.74. The topological polar surface area (TPSA) is 67.9 Å². The van der Waals surface area contributed by atoms with Gasteiger partial charge in [0.05, 0.1) is 12.8 Å². The number of aromatic nitrogens is 3. The van der Waals surface area contributed by atoms with E-state index in [1.54, 1.807) is 26.3 Å². The lowest BCUT2D eigenvalue weighted by Crippen LogP contribution is -2.14. The van der Waals surface area contributed by atoms with E-state index in [1.165, 1.54) is 0 Å². The fourth-order valence-corrected chi connectivity index (χ4v) is 1.54. The van der Waals surface area contributed by atoms with Crippen molar-refractivity contribution in [3.8, 4) is 17.1 Å². The van der Waals surface area contributed by atoms with E-state index in [0.717, 1.165) is 16.8 Å². The summed E-state index contributed by atoms with van der Waals surface area (Å²) in [5, 5.41) is 6.52. The molecule has 0 aliphatic carbocycles. The van der Waals surface area contributed by atoms with Crippen LogP contribution in [0.5, 0.6) is 5.88 Å². The molecule has 0 saturated heterocycles. The zero-order valence-corrected chi connectivity index (χ0v) is 9.94. The first-order valence-electron chi connectivity index (χ1n) is 5.19. The van der Waals surface area contributed by atoms with Crippen LogP contribution in [0.1, 0.15) is 11.1 Å². The van der Waals surface area contributed by atoms with E-state index in [4.69, 9.17) is 4.74 Å². The van der Waals surface area contributed by atoms with Crippen molar-refractivity contribution in [2.45, 2.75) is 13.8 Å². The maximum Gasteiger partial charge on any atom is 0.267 e. The van der Waals surface area contributed by atoms with Gasteiger partial charge in [0, 0.05) is 23.4 Å². The monoisotopic (exact) mass is 231 g/mol. The van der Waals surface area contributed by atoms with Crippen molar-refractivity contribution >= 4 is 0 Å². The van der Waals surface area contributed by atoms with Crippen molar-refractivity contribution in [1.82, 2.24) is 15.2 Å². The molecule has 2 rings (SSSR count). The molecular formula is C12H13N3O2. The Kier molecular flexibility index (Phi) is 2.91. The van der Waals surface area contributed by atoms with E-state index in [9.17, 15) is 4.79 Å². The van der Waals surface area contributed by atoms with Crippen molar-refractivity contribution in [1.29, 1.82) is 0 Å². The van der Waals surface area contributed by atoms with E-state index >= 15 is 0 Å². The highest BCUT2D eigenvalue weighted by Crippen LogP contribution is 2.21. The van der Waals surface area contributed by atoms with E-state index in [-0.39, 0.29) is 5.56 Å². The molecule has 0 atom stereocenters. The highest BCUT2D eigenvalue weighted by atomic mass is 16.5. The molecule has 2 heterocycles. The third-order valence-corrected chi connectivity index (χ3v) is 2.75. The molecule has 5 nitrogen and oxygen atoms in total. The lowest BCUT2D eigenvalue weighted by Gasteiger charge is -2.06. The molecule has 0 aliphatic rings. The average molecular weight is 231 g/mol. The molecule has 0 fully saturated rings. The van der Waals surface area contributed by atoms with Crippen LogP contribution < -0.4 is 10.3 Å². The predicted molar refractivity (Wildman–Crippen MR) is 64.1 cm³/mol. The van der Waals surface area contributed by atoms with Crippen LogP contribution in [0.25, 0.3) is 11.3 Å². The van der Waals surface area contributed by atoms with Crippen LogP contribution in [-0.4, -0.2) is 22.3 Å². The minimum Gasteiger partial charge on any atom is -0.481 e. The fourth-order valence-electron chi connectivity index (χ4n) is 1.54. The summed E-state index contributed by atoms with van der Waals surface area (Å²) < 4.78 is 4.99. The summed E-state index contributed by atoms with van der Waals surface area (Å²) in [6.45, 7) is 3.65. The highest BCUT2D eigenvalue weighted by Gasteiger charge is 2.09. The normalized spacial score (nSPS) is 10.3. The summed E-state index contributed by atoms with van der Waals surface area (Å²) in [4.78, 5) is 15.5. The Labute approximate surface area is 98.5 Å². The lowest BCUT2D eigenvalue weighted by molar-refractivity contribution is 0.398. The first kappa shape index (κ1) is 11.3. The van der Waals surface area contributed by atoms with Crippen molar-refractivity contribution in [3.05, 3.63) is 39.8 Å². The van der Waals surface area contributed by atoms with Gasteiger partial charge in [-0.15, -0.1) is 0 Å². The molecule has 1 N–H and O–H groups in total. The summed E-state index contributed by atoms with van der Waals surface area (Å²) in [7, 11) is 1.57. The summed E-state index contributed by atoms with van der Waals surface area (Å²) in [5.41, 5.74) is 2.96. The van der Waals surface area contributed by atoms with Gasteiger partial charge in [-0.3, -0.25) is 4.79 Å². The number of aromatic amines is 1. The Morgan fingerprint density at radius 3 is 2.59 bits per heavy atom. The van der Waals surface area contributed by atoms with Gasteiger partial charge < -0.3 is 4.74 Å². The number of rotatable bonds is 2. The van der Waals surface area contributed by atoms with Gasteiger partial charge in [-0.25, -0.2) is 10.1 Å². The van der Waals surface area contributed by atoms with Crippen LogP contribution in [0.3, 0.4) is 0 Å². The maximum atomic E-state index is 11.4. The minimum atomic E-state index is -0.160. The third kappa shape index (κ3) is 2.04. The highest BCUT2D eigenvalue weighted by molar-refractivity contribution is 5.62. The van der Waals surface area contributed by atoms with Gasteiger partial charge >= 0.3 is 0 Å². The largest absolute Gasteiger partial charge is 0.481 e. The molecule has 88 valence electrons. The van der Waals surface area contributed by atoms with Gasteiger partial charge in [0.2, 0.25) is 5.88 Å². The third-order valence-electron chi connectivity index (χ3n) is 2.75. The number of ether oxygens (including phenoxy) is 1. The molecule has 0 unspecified atom stereocenters. The van der Waals surface area contributed by atoms with Gasteiger partial charge in [0.15, 0.2) is 0 Å². The maximum absolute atomic E-state index is 11.4. The van der Waals surface area contributed by atoms with E-state index < -0.39 is 0 Å². The number of H-pyrrole nitrogens is 1. The Hall–Kier alpha value is -2.17. The first-order chi connectivity index (χ1) is 8.13. The Bertz CT molecular complexity index is 588. The molecule has 0 spiro atoms. The van der Waals surface area contributed by atoms with Gasteiger partial charge in [-0.05, 0) is 25.5 Å². The van der Waals surface area contributed by atoms with Crippen molar-refractivity contribution in [2.24, 2.45) is 0 Å². The standard InChI is InChI=1S/C12H13N3O2/c1-7-8(2)12(16)15-14-11(7)9-4-5-10(17-3)13-6-9/h4-6H,1-3H3,(H,15,16). The van der Waals surface area contributed by atoms with Crippen LogP contribution in [0, 0.1) is 13.8 Å². The summed E-state index contributed by atoms with van der Waals surface area (Å²) in [6, 6.07) is 3.62. The predicted octanol–water partition coefficient (Wildman–Crippen LogP) is 1.46. The molecule has 2 aromatic rings. The second-order valence-electron chi connectivity index (χ2n) is 3.74. The Balaban J connectivity index is 2.53. The van der Waals surface area contributed by atoms with E-state index in [2.05, 4.69) is 15.2 Å². The molecule has 0 aromatic carbocycles. The van der Waals surface area contributed by atoms with Crippen molar-refractivity contribution < 1.29 is 4.74 Å². The summed E-state index contributed by atoms with van der Waals surface area (Å²) in [6.07, 6.45) is 1.67. The van der Waals surface area contributed by atoms with E-state index in [1.807, 2.05) is 13.0 Å². The molecule has 0 radical (unpaired) electrons. The number of nitrogens with one attached hydrogen (secondary N) is 1. The molecule has 17 heavy (non-hydrogen) atoms. The molecule has 0 aliphatic heterocycles. The number of methoxy groups -OCH3 is 1.